The first-order chi connectivity index (χ1) is 10.0. The molecule has 2 saturated heterocycles. The summed E-state index contributed by atoms with van der Waals surface area (Å²) in [5.74, 6) is -0.369. The fourth-order valence-corrected chi connectivity index (χ4v) is 4.33. The van der Waals surface area contributed by atoms with Gasteiger partial charge in [-0.25, -0.2) is 0 Å². The van der Waals surface area contributed by atoms with Crippen LogP contribution in [-0.4, -0.2) is 48.1 Å². The van der Waals surface area contributed by atoms with E-state index in [4.69, 9.17) is 0 Å². The molecule has 21 heavy (non-hydrogen) atoms. The highest BCUT2D eigenvalue weighted by molar-refractivity contribution is 5.84. The Morgan fingerprint density at radius 3 is 2.62 bits per heavy atom. The van der Waals surface area contributed by atoms with E-state index in [-0.39, 0.29) is 17.2 Å². The van der Waals surface area contributed by atoms with Crippen molar-refractivity contribution in [2.45, 2.75) is 45.4 Å². The summed E-state index contributed by atoms with van der Waals surface area (Å²) in [4.78, 5) is 26.2. The molecule has 0 aromatic carbocycles. The lowest BCUT2D eigenvalue weighted by molar-refractivity contribution is -0.155. The number of carboxylic acid groups (broad SMARTS) is 1. The summed E-state index contributed by atoms with van der Waals surface area (Å²) in [5, 5.41) is 12.9. The van der Waals surface area contributed by atoms with Gasteiger partial charge in [-0.3, -0.25) is 9.59 Å². The van der Waals surface area contributed by atoms with Crippen molar-refractivity contribution in [3.05, 3.63) is 0 Å². The first-order valence-corrected chi connectivity index (χ1v) is 8.26. The monoisotopic (exact) mass is 294 g/mol. The third kappa shape index (κ3) is 2.45. The summed E-state index contributed by atoms with van der Waals surface area (Å²) in [7, 11) is 0. The summed E-state index contributed by atoms with van der Waals surface area (Å²) in [5.41, 5.74) is -0.484. The standard InChI is InChI=1S/C16H26N2O3/c1-2-15(14(20)21)4-3-9-18(11-15)13(19)12-10-16(12)5-7-17-8-6-16/h12,17H,2-11H2,1H3,(H,20,21). The minimum atomic E-state index is -0.741. The average Bonchev–Trinajstić information content (AvgIpc) is 3.20. The number of carboxylic acids is 1. The van der Waals surface area contributed by atoms with Gasteiger partial charge >= 0.3 is 5.97 Å². The van der Waals surface area contributed by atoms with Crippen LogP contribution in [0.25, 0.3) is 0 Å². The van der Waals surface area contributed by atoms with Gasteiger partial charge in [0.2, 0.25) is 5.91 Å². The smallest absolute Gasteiger partial charge is 0.311 e. The second-order valence-corrected chi connectivity index (χ2v) is 7.17. The number of aliphatic carboxylic acids is 1. The van der Waals surface area contributed by atoms with Crippen molar-refractivity contribution in [1.82, 2.24) is 10.2 Å². The zero-order valence-corrected chi connectivity index (χ0v) is 12.9. The summed E-state index contributed by atoms with van der Waals surface area (Å²) in [6.07, 6.45) is 5.31. The van der Waals surface area contributed by atoms with Crippen LogP contribution >= 0.6 is 0 Å². The van der Waals surface area contributed by atoms with Crippen LogP contribution in [0, 0.1) is 16.7 Å². The molecule has 1 amide bonds. The van der Waals surface area contributed by atoms with E-state index in [9.17, 15) is 14.7 Å². The minimum Gasteiger partial charge on any atom is -0.481 e. The van der Waals surface area contributed by atoms with Crippen LogP contribution in [-0.2, 0) is 9.59 Å². The second kappa shape index (κ2) is 5.27. The van der Waals surface area contributed by atoms with Crippen LogP contribution < -0.4 is 5.32 Å². The van der Waals surface area contributed by atoms with Crippen LogP contribution in [0.5, 0.6) is 0 Å². The van der Waals surface area contributed by atoms with Gasteiger partial charge < -0.3 is 15.3 Å². The molecule has 5 heteroatoms. The molecular formula is C16H26N2O3. The number of likely N-dealkylation sites (tertiary alicyclic amines) is 1. The number of nitrogens with one attached hydrogen (secondary N) is 1. The van der Waals surface area contributed by atoms with Crippen LogP contribution in [0.15, 0.2) is 0 Å². The lowest BCUT2D eigenvalue weighted by atomic mass is 9.77. The van der Waals surface area contributed by atoms with Crippen molar-refractivity contribution in [2.24, 2.45) is 16.7 Å². The molecule has 118 valence electrons. The van der Waals surface area contributed by atoms with Gasteiger partial charge in [-0.05, 0) is 57.0 Å². The van der Waals surface area contributed by atoms with E-state index in [2.05, 4.69) is 5.32 Å². The maximum atomic E-state index is 12.8. The summed E-state index contributed by atoms with van der Waals surface area (Å²) in [6, 6.07) is 0. The fraction of sp³-hybridized carbons (Fsp3) is 0.875. The van der Waals surface area contributed by atoms with Gasteiger partial charge in [0, 0.05) is 19.0 Å². The van der Waals surface area contributed by atoms with Gasteiger partial charge in [-0.1, -0.05) is 6.92 Å². The van der Waals surface area contributed by atoms with E-state index < -0.39 is 11.4 Å². The highest BCUT2D eigenvalue weighted by Crippen LogP contribution is 2.59. The zero-order chi connectivity index (χ0) is 15.1. The largest absolute Gasteiger partial charge is 0.481 e. The average molecular weight is 294 g/mol. The lowest BCUT2D eigenvalue weighted by Gasteiger charge is -2.40. The summed E-state index contributed by atoms with van der Waals surface area (Å²) >= 11 is 0. The summed E-state index contributed by atoms with van der Waals surface area (Å²) < 4.78 is 0. The third-order valence-electron chi connectivity index (χ3n) is 6.11. The number of hydrogen-bond donors (Lipinski definition) is 2. The van der Waals surface area contributed by atoms with Gasteiger partial charge in [0.15, 0.2) is 0 Å². The van der Waals surface area contributed by atoms with E-state index in [1.807, 2.05) is 11.8 Å². The Bertz CT molecular complexity index is 445. The predicted molar refractivity (Wildman–Crippen MR) is 78.8 cm³/mol. The number of carbonyl (C=O) groups is 2. The van der Waals surface area contributed by atoms with Crippen molar-refractivity contribution in [3.8, 4) is 0 Å². The van der Waals surface area contributed by atoms with Crippen LogP contribution in [0.1, 0.15) is 45.4 Å². The van der Waals surface area contributed by atoms with E-state index in [1.54, 1.807) is 0 Å². The minimum absolute atomic E-state index is 0.154. The third-order valence-corrected chi connectivity index (χ3v) is 6.11. The Morgan fingerprint density at radius 2 is 2.00 bits per heavy atom. The fourth-order valence-electron chi connectivity index (χ4n) is 4.33. The van der Waals surface area contributed by atoms with E-state index in [1.165, 1.54) is 0 Å². The highest BCUT2D eigenvalue weighted by Gasteiger charge is 2.59. The molecular weight excluding hydrogens is 268 g/mol. The van der Waals surface area contributed by atoms with Gasteiger partial charge in [-0.2, -0.15) is 0 Å². The van der Waals surface area contributed by atoms with Gasteiger partial charge in [0.05, 0.1) is 5.41 Å². The summed E-state index contributed by atoms with van der Waals surface area (Å²) in [6.45, 7) is 5.09. The number of nitrogens with zero attached hydrogens (tertiary/aromatic N) is 1. The highest BCUT2D eigenvalue weighted by atomic mass is 16.4. The van der Waals surface area contributed by atoms with Crippen molar-refractivity contribution >= 4 is 11.9 Å². The van der Waals surface area contributed by atoms with Crippen molar-refractivity contribution in [2.75, 3.05) is 26.2 Å². The van der Waals surface area contributed by atoms with Crippen molar-refractivity contribution in [3.63, 3.8) is 0 Å². The Kier molecular flexibility index (Phi) is 3.72. The molecule has 3 fully saturated rings. The van der Waals surface area contributed by atoms with Gasteiger partial charge in [0.25, 0.3) is 0 Å². The maximum absolute atomic E-state index is 12.8. The normalized spacial score (nSPS) is 34.7. The maximum Gasteiger partial charge on any atom is 0.311 e. The van der Waals surface area contributed by atoms with Crippen LogP contribution in [0.2, 0.25) is 0 Å². The quantitative estimate of drug-likeness (QED) is 0.827. The van der Waals surface area contributed by atoms with Gasteiger partial charge in [-0.15, -0.1) is 0 Å². The molecule has 2 aliphatic heterocycles. The van der Waals surface area contributed by atoms with Crippen LogP contribution in [0.3, 0.4) is 0 Å². The molecule has 1 spiro atoms. The molecule has 0 aromatic rings. The molecule has 0 aromatic heterocycles. The molecule has 5 nitrogen and oxygen atoms in total. The van der Waals surface area contributed by atoms with E-state index in [0.29, 0.717) is 19.4 Å². The predicted octanol–water partition coefficient (Wildman–Crippen LogP) is 1.48. The molecule has 2 atom stereocenters. The van der Waals surface area contributed by atoms with E-state index >= 15 is 0 Å². The molecule has 2 heterocycles. The van der Waals surface area contributed by atoms with Crippen molar-refractivity contribution < 1.29 is 14.7 Å². The number of rotatable bonds is 3. The molecule has 2 N–H and O–H groups in total. The Labute approximate surface area is 126 Å². The molecule has 2 unspecified atom stereocenters. The van der Waals surface area contributed by atoms with Crippen molar-refractivity contribution in [1.29, 1.82) is 0 Å². The lowest BCUT2D eigenvalue weighted by Crippen LogP contribution is -2.50. The van der Waals surface area contributed by atoms with Crippen LogP contribution in [0.4, 0.5) is 0 Å². The Morgan fingerprint density at radius 1 is 1.29 bits per heavy atom. The number of amides is 1. The molecule has 0 bridgehead atoms. The zero-order valence-electron chi connectivity index (χ0n) is 12.9. The number of carbonyl (C=O) groups excluding carboxylic acids is 1. The molecule has 1 aliphatic carbocycles. The van der Waals surface area contributed by atoms with E-state index in [0.717, 1.165) is 45.3 Å². The number of piperidine rings is 2. The Hall–Kier alpha value is -1.10. The molecule has 3 aliphatic rings. The first-order valence-electron chi connectivity index (χ1n) is 8.26. The first kappa shape index (κ1) is 14.8. The molecule has 0 radical (unpaired) electrons. The second-order valence-electron chi connectivity index (χ2n) is 7.17. The molecule has 1 saturated carbocycles. The number of hydrogen-bond acceptors (Lipinski definition) is 3. The Balaban J connectivity index is 1.67. The molecule has 3 rings (SSSR count). The van der Waals surface area contributed by atoms with Gasteiger partial charge in [0.1, 0.15) is 0 Å². The SMILES string of the molecule is CCC1(C(=O)O)CCCN(C(=O)C2CC23CCNCC3)C1. The topological polar surface area (TPSA) is 69.6 Å².